The topological polar surface area (TPSA) is 71.5 Å². The standard InChI is InChI=1S/C22H32N2O3S/c1-8-27-19(25)12-23-11-18-24-17(13-28-18)14-9-15(21(2,3)4)20(26)16(10-14)22(5,6)7/h9-10,13,23,26H,8,11-12H2,1-7H3. The van der Waals surface area contributed by atoms with E-state index < -0.39 is 0 Å². The molecule has 1 aromatic carbocycles. The van der Waals surface area contributed by atoms with E-state index in [4.69, 9.17) is 9.72 Å². The molecule has 28 heavy (non-hydrogen) atoms. The normalized spacial score (nSPS) is 12.2. The van der Waals surface area contributed by atoms with Crippen molar-refractivity contribution in [2.75, 3.05) is 13.2 Å². The molecule has 6 heteroatoms. The first-order chi connectivity index (χ1) is 12.9. The number of aromatic nitrogens is 1. The third-order valence-electron chi connectivity index (χ3n) is 4.42. The van der Waals surface area contributed by atoms with Crippen molar-refractivity contribution < 1.29 is 14.6 Å². The summed E-state index contributed by atoms with van der Waals surface area (Å²) in [5.74, 6) is 0.109. The minimum Gasteiger partial charge on any atom is -0.507 e. The lowest BCUT2D eigenvalue weighted by molar-refractivity contribution is -0.142. The predicted molar refractivity (Wildman–Crippen MR) is 115 cm³/mol. The fourth-order valence-corrected chi connectivity index (χ4v) is 3.71. The molecule has 0 saturated heterocycles. The van der Waals surface area contributed by atoms with Gasteiger partial charge < -0.3 is 15.2 Å². The summed E-state index contributed by atoms with van der Waals surface area (Å²) in [5, 5.41) is 16.9. The zero-order valence-electron chi connectivity index (χ0n) is 18.0. The highest BCUT2D eigenvalue weighted by Crippen LogP contribution is 2.42. The number of rotatable bonds is 6. The first-order valence-corrected chi connectivity index (χ1v) is 10.5. The summed E-state index contributed by atoms with van der Waals surface area (Å²) in [6, 6.07) is 4.07. The van der Waals surface area contributed by atoms with E-state index in [2.05, 4.69) is 46.9 Å². The van der Waals surface area contributed by atoms with Crippen molar-refractivity contribution in [2.24, 2.45) is 0 Å². The molecule has 0 radical (unpaired) electrons. The maximum atomic E-state index is 11.4. The molecule has 5 nitrogen and oxygen atoms in total. The molecule has 2 rings (SSSR count). The van der Waals surface area contributed by atoms with Crippen LogP contribution in [0.25, 0.3) is 11.3 Å². The lowest BCUT2D eigenvalue weighted by Gasteiger charge is -2.28. The molecular weight excluding hydrogens is 372 g/mol. The molecule has 1 heterocycles. The number of phenols is 1. The van der Waals surface area contributed by atoms with Crippen LogP contribution in [-0.2, 0) is 26.9 Å². The zero-order chi connectivity index (χ0) is 21.1. The molecule has 2 N–H and O–H groups in total. The van der Waals surface area contributed by atoms with Gasteiger partial charge in [0.1, 0.15) is 10.8 Å². The first-order valence-electron chi connectivity index (χ1n) is 9.62. The molecule has 0 aliphatic rings. The number of nitrogens with one attached hydrogen (secondary N) is 1. The quantitative estimate of drug-likeness (QED) is 0.679. The van der Waals surface area contributed by atoms with Crippen molar-refractivity contribution in [1.29, 1.82) is 0 Å². The number of carbonyl (C=O) groups excluding carboxylic acids is 1. The Morgan fingerprint density at radius 3 is 2.21 bits per heavy atom. The van der Waals surface area contributed by atoms with Crippen LogP contribution in [0.1, 0.15) is 64.6 Å². The highest BCUT2D eigenvalue weighted by molar-refractivity contribution is 7.09. The summed E-state index contributed by atoms with van der Waals surface area (Å²) < 4.78 is 4.91. The summed E-state index contributed by atoms with van der Waals surface area (Å²) in [5.41, 5.74) is 3.37. The second-order valence-electron chi connectivity index (χ2n) is 8.96. The van der Waals surface area contributed by atoms with Crippen molar-refractivity contribution in [3.63, 3.8) is 0 Å². The van der Waals surface area contributed by atoms with Crippen LogP contribution in [0.5, 0.6) is 5.75 Å². The molecule has 0 fully saturated rings. The number of hydrogen-bond acceptors (Lipinski definition) is 6. The molecule has 0 atom stereocenters. The maximum absolute atomic E-state index is 11.4. The van der Waals surface area contributed by atoms with Crippen LogP contribution in [0.3, 0.4) is 0 Å². The summed E-state index contributed by atoms with van der Waals surface area (Å²) in [4.78, 5) is 16.2. The van der Waals surface area contributed by atoms with Gasteiger partial charge in [0.15, 0.2) is 0 Å². The summed E-state index contributed by atoms with van der Waals surface area (Å²) in [7, 11) is 0. The molecule has 0 amide bonds. The van der Waals surface area contributed by atoms with E-state index in [1.54, 1.807) is 18.3 Å². The molecule has 0 spiro atoms. The van der Waals surface area contributed by atoms with Crippen LogP contribution in [0.2, 0.25) is 0 Å². The number of carbonyl (C=O) groups is 1. The lowest BCUT2D eigenvalue weighted by atomic mass is 9.78. The Labute approximate surface area is 172 Å². The third-order valence-corrected chi connectivity index (χ3v) is 5.27. The van der Waals surface area contributed by atoms with Crippen molar-refractivity contribution in [1.82, 2.24) is 10.3 Å². The Kier molecular flexibility index (Phi) is 6.88. The van der Waals surface area contributed by atoms with Gasteiger partial charge >= 0.3 is 5.97 Å². The van der Waals surface area contributed by atoms with Crippen LogP contribution in [0, 0.1) is 0 Å². The number of aromatic hydroxyl groups is 1. The maximum Gasteiger partial charge on any atom is 0.319 e. The van der Waals surface area contributed by atoms with E-state index >= 15 is 0 Å². The first kappa shape index (κ1) is 22.4. The fraction of sp³-hybridized carbons (Fsp3) is 0.545. The van der Waals surface area contributed by atoms with Gasteiger partial charge in [-0.3, -0.25) is 4.79 Å². The van der Waals surface area contributed by atoms with Gasteiger partial charge in [-0.05, 0) is 29.9 Å². The highest BCUT2D eigenvalue weighted by atomic mass is 32.1. The van der Waals surface area contributed by atoms with Crippen molar-refractivity contribution in [3.05, 3.63) is 33.6 Å². The van der Waals surface area contributed by atoms with Crippen LogP contribution in [-0.4, -0.2) is 29.2 Å². The number of nitrogens with zero attached hydrogens (tertiary/aromatic N) is 1. The van der Waals surface area contributed by atoms with Crippen LogP contribution in [0.15, 0.2) is 17.5 Å². The third kappa shape index (κ3) is 5.55. The number of phenolic OH excluding ortho intramolecular Hbond substituents is 1. The fourth-order valence-electron chi connectivity index (χ4n) is 2.93. The summed E-state index contributed by atoms with van der Waals surface area (Å²) in [6.45, 7) is 15.5. The Bertz CT molecular complexity index is 794. The van der Waals surface area contributed by atoms with Gasteiger partial charge in [0.25, 0.3) is 0 Å². The van der Waals surface area contributed by atoms with E-state index in [-0.39, 0.29) is 23.3 Å². The molecule has 0 aliphatic heterocycles. The van der Waals surface area contributed by atoms with E-state index in [0.717, 1.165) is 27.4 Å². The van der Waals surface area contributed by atoms with Crippen molar-refractivity contribution in [3.8, 4) is 17.0 Å². The van der Waals surface area contributed by atoms with Gasteiger partial charge in [-0.15, -0.1) is 11.3 Å². The number of esters is 1. The second-order valence-corrected chi connectivity index (χ2v) is 9.90. The van der Waals surface area contributed by atoms with E-state index in [1.807, 2.05) is 17.5 Å². The smallest absolute Gasteiger partial charge is 0.319 e. The molecular formula is C22H32N2O3S. The van der Waals surface area contributed by atoms with Gasteiger partial charge in [-0.2, -0.15) is 0 Å². The van der Waals surface area contributed by atoms with Gasteiger partial charge in [-0.25, -0.2) is 4.98 Å². The van der Waals surface area contributed by atoms with Gasteiger partial charge in [0, 0.05) is 28.6 Å². The molecule has 0 unspecified atom stereocenters. The number of benzene rings is 1. The molecule has 0 saturated carbocycles. The monoisotopic (exact) mass is 404 g/mol. The van der Waals surface area contributed by atoms with Crippen LogP contribution < -0.4 is 5.32 Å². The molecule has 0 bridgehead atoms. The van der Waals surface area contributed by atoms with Crippen LogP contribution >= 0.6 is 11.3 Å². The summed E-state index contributed by atoms with van der Waals surface area (Å²) >= 11 is 1.55. The average molecular weight is 405 g/mol. The molecule has 2 aromatic rings. The average Bonchev–Trinajstić information content (AvgIpc) is 3.02. The van der Waals surface area contributed by atoms with Gasteiger partial charge in [0.05, 0.1) is 18.8 Å². The number of thiazole rings is 1. The van der Waals surface area contributed by atoms with Crippen molar-refractivity contribution in [2.45, 2.75) is 65.8 Å². The van der Waals surface area contributed by atoms with E-state index in [1.165, 1.54) is 0 Å². The largest absolute Gasteiger partial charge is 0.507 e. The van der Waals surface area contributed by atoms with Gasteiger partial charge in [-0.1, -0.05) is 41.5 Å². The lowest BCUT2D eigenvalue weighted by Crippen LogP contribution is -2.24. The number of ether oxygens (including phenoxy) is 1. The van der Waals surface area contributed by atoms with E-state index in [0.29, 0.717) is 18.9 Å². The Hall–Kier alpha value is -1.92. The second kappa shape index (κ2) is 8.62. The SMILES string of the molecule is CCOC(=O)CNCc1nc(-c2cc(C(C)(C)C)c(O)c(C(C)(C)C)c2)cs1. The highest BCUT2D eigenvalue weighted by Gasteiger charge is 2.27. The van der Waals surface area contributed by atoms with Gasteiger partial charge in [0.2, 0.25) is 0 Å². The Morgan fingerprint density at radius 1 is 1.14 bits per heavy atom. The Morgan fingerprint density at radius 2 is 1.71 bits per heavy atom. The molecule has 0 aliphatic carbocycles. The summed E-state index contributed by atoms with van der Waals surface area (Å²) in [6.07, 6.45) is 0. The number of hydrogen-bond donors (Lipinski definition) is 2. The predicted octanol–water partition coefficient (Wildman–Crippen LogP) is 4.76. The Balaban J connectivity index is 2.30. The molecule has 1 aromatic heterocycles. The van der Waals surface area contributed by atoms with Crippen molar-refractivity contribution >= 4 is 17.3 Å². The van der Waals surface area contributed by atoms with E-state index in [9.17, 15) is 9.90 Å². The zero-order valence-corrected chi connectivity index (χ0v) is 18.8. The molecule has 154 valence electrons. The minimum atomic E-state index is -0.262. The minimum absolute atomic E-state index is 0.171. The van der Waals surface area contributed by atoms with Crippen LogP contribution in [0.4, 0.5) is 0 Å².